The third-order valence-corrected chi connectivity index (χ3v) is 4.64. The molecule has 1 amide bonds. The Morgan fingerprint density at radius 2 is 1.88 bits per heavy atom. The van der Waals surface area contributed by atoms with Crippen LogP contribution in [0, 0.1) is 6.92 Å². The molecule has 0 spiro atoms. The zero-order valence-electron chi connectivity index (χ0n) is 13.7. The Hall–Kier alpha value is -2.63. The van der Waals surface area contributed by atoms with Gasteiger partial charge >= 0.3 is 5.97 Å². The molecule has 1 N–H and O–H groups in total. The zero-order valence-corrected chi connectivity index (χ0v) is 13.7. The molecule has 0 saturated carbocycles. The molecule has 2 aromatic rings. The van der Waals surface area contributed by atoms with Gasteiger partial charge in [0.05, 0.1) is 24.4 Å². The van der Waals surface area contributed by atoms with Crippen molar-refractivity contribution in [2.45, 2.75) is 32.2 Å². The van der Waals surface area contributed by atoms with Gasteiger partial charge in [0.15, 0.2) is 0 Å². The molecule has 0 bridgehead atoms. The van der Waals surface area contributed by atoms with Crippen molar-refractivity contribution in [2.24, 2.45) is 0 Å². The van der Waals surface area contributed by atoms with E-state index in [0.29, 0.717) is 25.2 Å². The third kappa shape index (κ3) is 3.32. The highest BCUT2D eigenvalue weighted by Gasteiger charge is 2.26. The first-order valence-electron chi connectivity index (χ1n) is 8.15. The number of hydrogen-bond donors (Lipinski definition) is 1. The summed E-state index contributed by atoms with van der Waals surface area (Å²) in [5, 5.41) is 13.4. The molecular formula is C18H21N3O3. The molecular weight excluding hydrogens is 306 g/mol. The van der Waals surface area contributed by atoms with Crippen molar-refractivity contribution in [1.82, 2.24) is 14.7 Å². The second-order valence-corrected chi connectivity index (χ2v) is 6.17. The lowest BCUT2D eigenvalue weighted by Crippen LogP contribution is -2.40. The zero-order chi connectivity index (χ0) is 17.1. The third-order valence-electron chi connectivity index (χ3n) is 4.64. The van der Waals surface area contributed by atoms with E-state index in [1.165, 1.54) is 6.20 Å². The minimum absolute atomic E-state index is 0.142. The van der Waals surface area contributed by atoms with E-state index in [4.69, 9.17) is 5.11 Å². The quantitative estimate of drug-likeness (QED) is 0.935. The number of carbonyl (C=O) groups excluding carboxylic acids is 1. The highest BCUT2D eigenvalue weighted by Crippen LogP contribution is 2.25. The number of carboxylic acids is 1. The Morgan fingerprint density at radius 1 is 1.21 bits per heavy atom. The Labute approximate surface area is 140 Å². The summed E-state index contributed by atoms with van der Waals surface area (Å²) in [7, 11) is 0. The van der Waals surface area contributed by atoms with Crippen LogP contribution in [0.25, 0.3) is 0 Å². The van der Waals surface area contributed by atoms with E-state index in [1.807, 2.05) is 35.2 Å². The molecule has 24 heavy (non-hydrogen) atoms. The summed E-state index contributed by atoms with van der Waals surface area (Å²) < 4.78 is 1.79. The molecule has 1 saturated heterocycles. The lowest BCUT2D eigenvalue weighted by Gasteiger charge is -2.32. The Bertz CT molecular complexity index is 731. The minimum atomic E-state index is -0.950. The first kappa shape index (κ1) is 16.2. The number of aromatic nitrogens is 2. The van der Waals surface area contributed by atoms with E-state index in [9.17, 15) is 9.59 Å². The number of hydrogen-bond acceptors (Lipinski definition) is 3. The maximum atomic E-state index is 12.4. The largest absolute Gasteiger partial charge is 0.478 e. The van der Waals surface area contributed by atoms with Gasteiger partial charge in [0, 0.05) is 13.1 Å². The maximum Gasteiger partial charge on any atom is 0.339 e. The van der Waals surface area contributed by atoms with Crippen LogP contribution in [-0.4, -0.2) is 44.8 Å². The molecule has 1 aromatic heterocycles. The van der Waals surface area contributed by atoms with Crippen LogP contribution in [0.5, 0.6) is 0 Å². The molecule has 6 heteroatoms. The summed E-state index contributed by atoms with van der Waals surface area (Å²) in [6, 6.07) is 9.90. The number of rotatable bonds is 4. The Balaban J connectivity index is 1.60. The van der Waals surface area contributed by atoms with Crippen LogP contribution in [0.15, 0.2) is 36.5 Å². The molecule has 0 radical (unpaired) electrons. The number of carbonyl (C=O) groups is 2. The van der Waals surface area contributed by atoms with Crippen LogP contribution in [0.2, 0.25) is 0 Å². The van der Waals surface area contributed by atoms with Gasteiger partial charge in [-0.3, -0.25) is 9.48 Å². The highest BCUT2D eigenvalue weighted by molar-refractivity contribution is 5.88. The summed E-state index contributed by atoms with van der Waals surface area (Å²) in [5.41, 5.74) is 1.95. The molecule has 0 unspecified atom stereocenters. The number of amides is 1. The van der Waals surface area contributed by atoms with Gasteiger partial charge in [-0.2, -0.15) is 5.10 Å². The number of carboxylic acid groups (broad SMARTS) is 1. The second-order valence-electron chi connectivity index (χ2n) is 6.17. The van der Waals surface area contributed by atoms with Gasteiger partial charge in [0.1, 0.15) is 5.56 Å². The van der Waals surface area contributed by atoms with Crippen LogP contribution >= 0.6 is 0 Å². The van der Waals surface area contributed by atoms with Crippen LogP contribution in [-0.2, 0) is 11.2 Å². The van der Waals surface area contributed by atoms with Gasteiger partial charge in [-0.1, -0.05) is 30.3 Å². The second kappa shape index (κ2) is 6.86. The van der Waals surface area contributed by atoms with E-state index in [2.05, 4.69) is 5.10 Å². The smallest absolute Gasteiger partial charge is 0.339 e. The van der Waals surface area contributed by atoms with E-state index >= 15 is 0 Å². The molecule has 6 nitrogen and oxygen atoms in total. The van der Waals surface area contributed by atoms with Crippen LogP contribution in [0.4, 0.5) is 0 Å². The lowest BCUT2D eigenvalue weighted by molar-refractivity contribution is -0.131. The van der Waals surface area contributed by atoms with Crippen molar-refractivity contribution in [3.05, 3.63) is 53.3 Å². The SMILES string of the molecule is Cc1c(C(=O)O)cnn1C1CCN(C(=O)Cc2ccccc2)CC1. The predicted octanol–water partition coefficient (Wildman–Crippen LogP) is 2.30. The first-order valence-corrected chi connectivity index (χ1v) is 8.15. The fourth-order valence-electron chi connectivity index (χ4n) is 3.24. The van der Waals surface area contributed by atoms with Gasteiger partial charge in [0.25, 0.3) is 0 Å². The Kier molecular flexibility index (Phi) is 4.64. The van der Waals surface area contributed by atoms with Crippen molar-refractivity contribution < 1.29 is 14.7 Å². The molecule has 1 aliphatic heterocycles. The highest BCUT2D eigenvalue weighted by atomic mass is 16.4. The first-order chi connectivity index (χ1) is 11.6. The van der Waals surface area contributed by atoms with Crippen LogP contribution < -0.4 is 0 Å². The molecule has 1 fully saturated rings. The average Bonchev–Trinajstić information content (AvgIpc) is 2.97. The number of likely N-dealkylation sites (tertiary alicyclic amines) is 1. The number of benzene rings is 1. The Morgan fingerprint density at radius 3 is 2.46 bits per heavy atom. The molecule has 0 atom stereocenters. The number of aromatic carboxylic acids is 1. The maximum absolute atomic E-state index is 12.4. The fourth-order valence-corrected chi connectivity index (χ4v) is 3.24. The van der Waals surface area contributed by atoms with Gasteiger partial charge in [-0.25, -0.2) is 4.79 Å². The van der Waals surface area contributed by atoms with E-state index in [0.717, 1.165) is 18.4 Å². The van der Waals surface area contributed by atoms with Gasteiger partial charge in [-0.05, 0) is 25.3 Å². The summed E-state index contributed by atoms with van der Waals surface area (Å²) in [6.45, 7) is 3.14. The van der Waals surface area contributed by atoms with Gasteiger partial charge in [-0.15, -0.1) is 0 Å². The molecule has 1 aliphatic rings. The van der Waals surface area contributed by atoms with E-state index in [-0.39, 0.29) is 17.5 Å². The summed E-state index contributed by atoms with van der Waals surface area (Å²) >= 11 is 0. The van der Waals surface area contributed by atoms with Gasteiger partial charge < -0.3 is 10.0 Å². The van der Waals surface area contributed by atoms with Crippen molar-refractivity contribution >= 4 is 11.9 Å². The van der Waals surface area contributed by atoms with E-state index in [1.54, 1.807) is 11.6 Å². The molecule has 0 aliphatic carbocycles. The molecule has 126 valence electrons. The summed E-state index contributed by atoms with van der Waals surface area (Å²) in [5.74, 6) is -0.808. The topological polar surface area (TPSA) is 75.4 Å². The predicted molar refractivity (Wildman–Crippen MR) is 88.9 cm³/mol. The monoisotopic (exact) mass is 327 g/mol. The van der Waals surface area contributed by atoms with E-state index < -0.39 is 5.97 Å². The molecule has 3 rings (SSSR count). The van der Waals surface area contributed by atoms with Gasteiger partial charge in [0.2, 0.25) is 5.91 Å². The average molecular weight is 327 g/mol. The number of nitrogens with zero attached hydrogens (tertiary/aromatic N) is 3. The van der Waals surface area contributed by atoms with Crippen molar-refractivity contribution in [1.29, 1.82) is 0 Å². The molecule has 1 aromatic carbocycles. The van der Waals surface area contributed by atoms with Crippen molar-refractivity contribution in [3.8, 4) is 0 Å². The fraction of sp³-hybridized carbons (Fsp3) is 0.389. The normalized spacial score (nSPS) is 15.5. The standard InChI is InChI=1S/C18H21N3O3/c1-13-16(18(23)24)12-19-21(13)15-7-9-20(10-8-15)17(22)11-14-5-3-2-4-6-14/h2-6,12,15H,7-11H2,1H3,(H,23,24). The van der Waals surface area contributed by atoms with Crippen LogP contribution in [0.3, 0.4) is 0 Å². The van der Waals surface area contributed by atoms with Crippen molar-refractivity contribution in [2.75, 3.05) is 13.1 Å². The molecule has 2 heterocycles. The number of piperidine rings is 1. The minimum Gasteiger partial charge on any atom is -0.478 e. The van der Waals surface area contributed by atoms with Crippen molar-refractivity contribution in [3.63, 3.8) is 0 Å². The van der Waals surface area contributed by atoms with Crippen LogP contribution in [0.1, 0.15) is 40.5 Å². The lowest BCUT2D eigenvalue weighted by atomic mass is 10.0. The summed E-state index contributed by atoms with van der Waals surface area (Å²) in [4.78, 5) is 25.4. The summed E-state index contributed by atoms with van der Waals surface area (Å²) in [6.07, 6.45) is 3.42.